The van der Waals surface area contributed by atoms with Gasteiger partial charge in [-0.25, -0.2) is 0 Å². The lowest BCUT2D eigenvalue weighted by Crippen LogP contribution is -2.49. The first kappa shape index (κ1) is 16.8. The molecule has 6 heteroatoms. The molecule has 1 aromatic carbocycles. The lowest BCUT2D eigenvalue weighted by Gasteiger charge is -2.18. The van der Waals surface area contributed by atoms with Crippen LogP contribution in [0.15, 0.2) is 48.0 Å². The maximum atomic E-state index is 12.7. The van der Waals surface area contributed by atoms with Crippen molar-refractivity contribution >= 4 is 34.1 Å². The summed E-state index contributed by atoms with van der Waals surface area (Å²) in [6.07, 6.45) is 4.74. The zero-order chi connectivity index (χ0) is 17.9. The monoisotopic (exact) mass is 367 g/mol. The highest BCUT2D eigenvalue weighted by molar-refractivity contribution is 7.10. The lowest BCUT2D eigenvalue weighted by atomic mass is 10.0. The Balaban J connectivity index is 1.50. The predicted molar refractivity (Wildman–Crippen MR) is 103 cm³/mol. The average Bonchev–Trinajstić information content (AvgIpc) is 3.14. The van der Waals surface area contributed by atoms with E-state index in [1.54, 1.807) is 11.3 Å². The van der Waals surface area contributed by atoms with Gasteiger partial charge in [0.05, 0.1) is 6.42 Å². The number of H-pyrrole nitrogens is 1. The molecule has 0 aliphatic heterocycles. The number of carbonyl (C=O) groups excluding carboxylic acids is 2. The summed E-state index contributed by atoms with van der Waals surface area (Å²) in [5.74, 6) is -0.222. The number of aromatic amines is 1. The summed E-state index contributed by atoms with van der Waals surface area (Å²) in [4.78, 5) is 29.3. The van der Waals surface area contributed by atoms with Crippen molar-refractivity contribution in [3.05, 3.63) is 58.4 Å². The molecule has 0 radical (unpaired) electrons. The molecule has 26 heavy (non-hydrogen) atoms. The first-order valence-corrected chi connectivity index (χ1v) is 9.74. The fourth-order valence-electron chi connectivity index (χ4n) is 3.08. The second-order valence-electron chi connectivity index (χ2n) is 6.72. The van der Waals surface area contributed by atoms with Crippen LogP contribution in [0, 0.1) is 0 Å². The predicted octanol–water partition coefficient (Wildman–Crippen LogP) is 2.78. The van der Waals surface area contributed by atoms with E-state index in [1.165, 1.54) is 0 Å². The van der Waals surface area contributed by atoms with Gasteiger partial charge in [-0.3, -0.25) is 9.59 Å². The second-order valence-corrected chi connectivity index (χ2v) is 7.75. The highest BCUT2D eigenvalue weighted by Crippen LogP contribution is 2.21. The van der Waals surface area contributed by atoms with E-state index in [1.807, 2.05) is 48.0 Å². The van der Waals surface area contributed by atoms with Gasteiger partial charge in [0.15, 0.2) is 0 Å². The van der Waals surface area contributed by atoms with Crippen LogP contribution >= 0.6 is 11.3 Å². The molecule has 2 aromatic heterocycles. The van der Waals surface area contributed by atoms with Crippen LogP contribution in [0.4, 0.5) is 0 Å². The summed E-state index contributed by atoms with van der Waals surface area (Å²) < 4.78 is 0. The fourth-order valence-corrected chi connectivity index (χ4v) is 3.78. The molecule has 1 atom stereocenters. The van der Waals surface area contributed by atoms with Crippen molar-refractivity contribution in [2.24, 2.45) is 0 Å². The fraction of sp³-hybridized carbons (Fsp3) is 0.300. The maximum Gasteiger partial charge on any atom is 0.243 e. The SMILES string of the molecule is O=C(Cc1cccs1)N[C@@H](Cc1c[nH]c2ccccc12)C(=O)NC1CC1. The maximum absolute atomic E-state index is 12.7. The molecule has 0 unspecified atom stereocenters. The number of thiophene rings is 1. The number of carbonyl (C=O) groups is 2. The number of para-hydroxylation sites is 1. The van der Waals surface area contributed by atoms with E-state index in [9.17, 15) is 9.59 Å². The molecule has 4 rings (SSSR count). The van der Waals surface area contributed by atoms with Gasteiger partial charge in [-0.05, 0) is 35.9 Å². The lowest BCUT2D eigenvalue weighted by molar-refractivity contribution is -0.128. The van der Waals surface area contributed by atoms with E-state index in [0.717, 1.165) is 34.2 Å². The van der Waals surface area contributed by atoms with Crippen molar-refractivity contribution in [3.8, 4) is 0 Å². The number of hydrogen-bond donors (Lipinski definition) is 3. The van der Waals surface area contributed by atoms with Crippen LogP contribution in [-0.4, -0.2) is 28.9 Å². The molecule has 1 saturated carbocycles. The summed E-state index contributed by atoms with van der Waals surface area (Å²) in [6, 6.07) is 11.6. The minimum absolute atomic E-state index is 0.0997. The van der Waals surface area contributed by atoms with E-state index in [-0.39, 0.29) is 17.9 Å². The number of fused-ring (bicyclic) bond motifs is 1. The van der Waals surface area contributed by atoms with Crippen molar-refractivity contribution in [2.75, 3.05) is 0 Å². The Morgan fingerprint density at radius 2 is 2.04 bits per heavy atom. The van der Waals surface area contributed by atoms with E-state index in [0.29, 0.717) is 12.8 Å². The van der Waals surface area contributed by atoms with Gasteiger partial charge in [0.2, 0.25) is 11.8 Å². The van der Waals surface area contributed by atoms with Crippen LogP contribution in [0.5, 0.6) is 0 Å². The first-order valence-electron chi connectivity index (χ1n) is 8.86. The molecule has 2 heterocycles. The minimum Gasteiger partial charge on any atom is -0.361 e. The standard InChI is InChI=1S/C20H21N3O2S/c24-19(11-15-4-3-9-26-15)23-18(20(25)22-14-7-8-14)10-13-12-21-17-6-2-1-5-16(13)17/h1-6,9,12,14,18,21H,7-8,10-11H2,(H,22,25)(H,23,24)/t18-/m0/s1. The molecular formula is C20H21N3O2S. The Labute approximate surface area is 155 Å². The molecule has 0 spiro atoms. The normalized spacial score (nSPS) is 14.9. The van der Waals surface area contributed by atoms with Gasteiger partial charge < -0.3 is 15.6 Å². The molecule has 2 amide bonds. The Kier molecular flexibility index (Phi) is 4.75. The van der Waals surface area contributed by atoms with E-state index < -0.39 is 6.04 Å². The molecule has 3 N–H and O–H groups in total. The smallest absolute Gasteiger partial charge is 0.243 e. The topological polar surface area (TPSA) is 74.0 Å². The molecule has 5 nitrogen and oxygen atoms in total. The Morgan fingerprint density at radius 1 is 1.19 bits per heavy atom. The summed E-state index contributed by atoms with van der Waals surface area (Å²) in [6.45, 7) is 0. The number of hydrogen-bond acceptors (Lipinski definition) is 3. The Bertz CT molecular complexity index is 912. The van der Waals surface area contributed by atoms with Crippen molar-refractivity contribution in [3.63, 3.8) is 0 Å². The van der Waals surface area contributed by atoms with Gasteiger partial charge in [-0.2, -0.15) is 0 Å². The van der Waals surface area contributed by atoms with Crippen LogP contribution in [0.3, 0.4) is 0 Å². The molecule has 1 fully saturated rings. The van der Waals surface area contributed by atoms with Crippen molar-refractivity contribution in [1.29, 1.82) is 0 Å². The second kappa shape index (κ2) is 7.33. The third-order valence-corrected chi connectivity index (χ3v) is 5.47. The average molecular weight is 367 g/mol. The summed E-state index contributed by atoms with van der Waals surface area (Å²) in [7, 11) is 0. The van der Waals surface area contributed by atoms with Gasteiger partial charge in [-0.1, -0.05) is 24.3 Å². The number of benzene rings is 1. The zero-order valence-corrected chi connectivity index (χ0v) is 15.1. The number of aromatic nitrogens is 1. The highest BCUT2D eigenvalue weighted by Gasteiger charge is 2.29. The van der Waals surface area contributed by atoms with Crippen molar-refractivity contribution in [2.45, 2.75) is 37.8 Å². The zero-order valence-electron chi connectivity index (χ0n) is 14.3. The van der Waals surface area contributed by atoms with Crippen LogP contribution in [-0.2, 0) is 22.4 Å². The number of amides is 2. The molecule has 134 valence electrons. The van der Waals surface area contributed by atoms with Crippen LogP contribution in [0.1, 0.15) is 23.3 Å². The first-order chi connectivity index (χ1) is 12.7. The van der Waals surface area contributed by atoms with Crippen LogP contribution in [0.2, 0.25) is 0 Å². The molecule has 0 bridgehead atoms. The molecule has 1 aliphatic carbocycles. The molecule has 0 saturated heterocycles. The third-order valence-electron chi connectivity index (χ3n) is 4.59. The van der Waals surface area contributed by atoms with Crippen molar-refractivity contribution < 1.29 is 9.59 Å². The summed E-state index contributed by atoms with van der Waals surface area (Å²) in [5.41, 5.74) is 2.07. The third kappa shape index (κ3) is 3.96. The largest absolute Gasteiger partial charge is 0.361 e. The van der Waals surface area contributed by atoms with Gasteiger partial charge in [-0.15, -0.1) is 11.3 Å². The van der Waals surface area contributed by atoms with Crippen LogP contribution < -0.4 is 10.6 Å². The van der Waals surface area contributed by atoms with Gasteiger partial charge in [0.1, 0.15) is 6.04 Å². The number of nitrogens with one attached hydrogen (secondary N) is 3. The molecule has 3 aromatic rings. The van der Waals surface area contributed by atoms with E-state index >= 15 is 0 Å². The van der Waals surface area contributed by atoms with Gasteiger partial charge in [0.25, 0.3) is 0 Å². The summed E-state index contributed by atoms with van der Waals surface area (Å²) in [5, 5.41) is 8.99. The summed E-state index contributed by atoms with van der Waals surface area (Å²) >= 11 is 1.55. The van der Waals surface area contributed by atoms with Gasteiger partial charge >= 0.3 is 0 Å². The highest BCUT2D eigenvalue weighted by atomic mass is 32.1. The Hall–Kier alpha value is -2.60. The Morgan fingerprint density at radius 3 is 2.81 bits per heavy atom. The van der Waals surface area contributed by atoms with Crippen LogP contribution in [0.25, 0.3) is 10.9 Å². The van der Waals surface area contributed by atoms with E-state index in [4.69, 9.17) is 0 Å². The minimum atomic E-state index is -0.567. The van der Waals surface area contributed by atoms with E-state index in [2.05, 4.69) is 15.6 Å². The van der Waals surface area contributed by atoms with Crippen molar-refractivity contribution in [1.82, 2.24) is 15.6 Å². The number of rotatable bonds is 7. The van der Waals surface area contributed by atoms with Gasteiger partial charge in [0, 0.05) is 34.4 Å². The quantitative estimate of drug-likeness (QED) is 0.601. The molecular weight excluding hydrogens is 346 g/mol. The molecule has 1 aliphatic rings.